The molecule has 13 heteroatoms. The molecule has 0 fully saturated rings. The molecule has 0 aliphatic carbocycles. The van der Waals surface area contributed by atoms with Gasteiger partial charge in [-0.05, 0) is 40.5 Å². The summed E-state index contributed by atoms with van der Waals surface area (Å²) >= 11 is 3.32. The standard InChI is InChI=1S/C21H19BrF4N4O4/c1-10(11-4-12(21(25,26)9-33-2)6-13(5-11)30(31)32)27-19-14-7-15(22)17(34-3)8-16(14)28-20(29-19)18(23)24/h4-8,10,18H,9H2,1-3H3,(H,27,28,29)/t10-/m1/s1. The molecule has 1 heterocycles. The molecule has 34 heavy (non-hydrogen) atoms. The molecule has 0 unspecified atom stereocenters. The van der Waals surface area contributed by atoms with Crippen LogP contribution in [0.1, 0.15) is 36.3 Å². The molecule has 0 aliphatic heterocycles. The molecule has 0 saturated carbocycles. The Morgan fingerprint density at radius 2 is 1.88 bits per heavy atom. The van der Waals surface area contributed by atoms with Crippen molar-refractivity contribution in [3.8, 4) is 5.75 Å². The topological polar surface area (TPSA) is 99.4 Å². The zero-order valence-electron chi connectivity index (χ0n) is 18.1. The van der Waals surface area contributed by atoms with E-state index in [0.717, 1.165) is 25.3 Å². The van der Waals surface area contributed by atoms with Gasteiger partial charge < -0.3 is 14.8 Å². The first-order chi connectivity index (χ1) is 16.0. The van der Waals surface area contributed by atoms with Gasteiger partial charge >= 0.3 is 0 Å². The van der Waals surface area contributed by atoms with Crippen LogP contribution in [-0.2, 0) is 10.7 Å². The Balaban J connectivity index is 2.11. The van der Waals surface area contributed by atoms with Crippen LogP contribution in [0.25, 0.3) is 10.9 Å². The maximum Gasteiger partial charge on any atom is 0.297 e. The smallest absolute Gasteiger partial charge is 0.297 e. The largest absolute Gasteiger partial charge is 0.495 e. The number of alkyl halides is 4. The number of fused-ring (bicyclic) bond motifs is 1. The number of methoxy groups -OCH3 is 2. The van der Waals surface area contributed by atoms with Crippen LogP contribution in [0.15, 0.2) is 34.8 Å². The predicted octanol–water partition coefficient (Wildman–Crippen LogP) is 6.16. The van der Waals surface area contributed by atoms with Crippen LogP contribution in [0.4, 0.5) is 29.1 Å². The summed E-state index contributed by atoms with van der Waals surface area (Å²) in [7, 11) is 2.49. The van der Waals surface area contributed by atoms with Crippen LogP contribution in [0.2, 0.25) is 0 Å². The van der Waals surface area contributed by atoms with E-state index >= 15 is 0 Å². The van der Waals surface area contributed by atoms with Crippen molar-refractivity contribution in [2.75, 3.05) is 26.1 Å². The third-order valence-corrected chi connectivity index (χ3v) is 5.55. The van der Waals surface area contributed by atoms with Crippen LogP contribution < -0.4 is 10.1 Å². The predicted molar refractivity (Wildman–Crippen MR) is 120 cm³/mol. The second-order valence-corrected chi connectivity index (χ2v) is 8.16. The molecule has 1 N–H and O–H groups in total. The summed E-state index contributed by atoms with van der Waals surface area (Å²) < 4.78 is 66.0. The fourth-order valence-electron chi connectivity index (χ4n) is 3.27. The van der Waals surface area contributed by atoms with E-state index in [0.29, 0.717) is 15.6 Å². The summed E-state index contributed by atoms with van der Waals surface area (Å²) in [4.78, 5) is 18.3. The molecule has 1 atom stereocenters. The maximum atomic E-state index is 14.4. The van der Waals surface area contributed by atoms with E-state index in [2.05, 4.69) is 36.0 Å². The average Bonchev–Trinajstić information content (AvgIpc) is 2.78. The first-order valence-electron chi connectivity index (χ1n) is 9.73. The molecule has 0 aliphatic rings. The first kappa shape index (κ1) is 25.6. The van der Waals surface area contributed by atoms with Gasteiger partial charge in [0, 0.05) is 36.3 Å². The van der Waals surface area contributed by atoms with E-state index in [4.69, 9.17) is 4.74 Å². The number of aromatic nitrogens is 2. The normalized spacial score (nSPS) is 12.7. The molecule has 1 aromatic heterocycles. The van der Waals surface area contributed by atoms with Crippen LogP contribution in [0.5, 0.6) is 5.75 Å². The molecular weight excluding hydrogens is 528 g/mol. The Bertz CT molecular complexity index is 1230. The van der Waals surface area contributed by atoms with Gasteiger partial charge in [-0.25, -0.2) is 18.7 Å². The SMILES string of the molecule is COCC(F)(F)c1cc([C@@H](C)Nc2nc(C(F)F)nc3cc(OC)c(Br)cc23)cc([N+](=O)[O-])c1. The highest BCUT2D eigenvalue weighted by molar-refractivity contribution is 9.10. The van der Waals surface area contributed by atoms with Crippen LogP contribution in [-0.4, -0.2) is 35.7 Å². The van der Waals surface area contributed by atoms with Crippen molar-refractivity contribution in [3.05, 3.63) is 61.9 Å². The number of nitro benzene ring substituents is 1. The third kappa shape index (κ3) is 5.36. The van der Waals surface area contributed by atoms with Crippen molar-refractivity contribution in [3.63, 3.8) is 0 Å². The number of rotatable bonds is 9. The molecule has 3 aromatic rings. The van der Waals surface area contributed by atoms with E-state index < -0.39 is 47.0 Å². The van der Waals surface area contributed by atoms with Gasteiger partial charge in [-0.2, -0.15) is 8.78 Å². The molecule has 0 saturated heterocycles. The molecule has 0 bridgehead atoms. The number of hydrogen-bond acceptors (Lipinski definition) is 7. The fraction of sp³-hybridized carbons (Fsp3) is 0.333. The fourth-order valence-corrected chi connectivity index (χ4v) is 3.77. The molecule has 182 valence electrons. The molecule has 0 amide bonds. The summed E-state index contributed by atoms with van der Waals surface area (Å²) in [5.41, 5.74) is -0.880. The minimum atomic E-state index is -3.49. The number of benzene rings is 2. The number of anilines is 1. The zero-order valence-corrected chi connectivity index (χ0v) is 19.7. The molecule has 0 spiro atoms. The third-order valence-electron chi connectivity index (χ3n) is 4.93. The van der Waals surface area contributed by atoms with Gasteiger partial charge in [0.2, 0.25) is 0 Å². The number of hydrogen-bond donors (Lipinski definition) is 1. The Morgan fingerprint density at radius 3 is 2.47 bits per heavy atom. The Morgan fingerprint density at radius 1 is 1.18 bits per heavy atom. The lowest BCUT2D eigenvalue weighted by molar-refractivity contribution is -0.385. The molecule has 3 rings (SSSR count). The number of non-ortho nitro benzene ring substituents is 1. The van der Waals surface area contributed by atoms with Crippen molar-refractivity contribution in [2.45, 2.75) is 25.3 Å². The summed E-state index contributed by atoms with van der Waals surface area (Å²) in [5.74, 6) is -3.89. The van der Waals surface area contributed by atoms with Crippen LogP contribution in [0.3, 0.4) is 0 Å². The lowest BCUT2D eigenvalue weighted by Crippen LogP contribution is -2.21. The van der Waals surface area contributed by atoms with E-state index in [1.165, 1.54) is 20.1 Å². The Kier molecular flexibility index (Phi) is 7.56. The lowest BCUT2D eigenvalue weighted by atomic mass is 10.00. The van der Waals surface area contributed by atoms with Crippen molar-refractivity contribution >= 4 is 38.3 Å². The summed E-state index contributed by atoms with van der Waals surface area (Å²) in [6, 6.07) is 5.17. The van der Waals surface area contributed by atoms with Gasteiger partial charge in [-0.15, -0.1) is 0 Å². The lowest BCUT2D eigenvalue weighted by Gasteiger charge is -2.20. The Hall–Kier alpha value is -3.06. The van der Waals surface area contributed by atoms with E-state index in [9.17, 15) is 27.7 Å². The van der Waals surface area contributed by atoms with Crippen molar-refractivity contribution < 1.29 is 32.0 Å². The number of nitro groups is 1. The first-order valence-corrected chi connectivity index (χ1v) is 10.5. The molecule has 0 radical (unpaired) electrons. The highest BCUT2D eigenvalue weighted by atomic mass is 79.9. The van der Waals surface area contributed by atoms with Gasteiger partial charge in [0.05, 0.1) is 28.1 Å². The molecule has 2 aromatic carbocycles. The van der Waals surface area contributed by atoms with E-state index in [1.54, 1.807) is 6.07 Å². The minimum Gasteiger partial charge on any atom is -0.495 e. The van der Waals surface area contributed by atoms with Gasteiger partial charge in [0.1, 0.15) is 18.2 Å². The zero-order chi connectivity index (χ0) is 25.2. The quantitative estimate of drug-likeness (QED) is 0.195. The number of nitrogens with zero attached hydrogens (tertiary/aromatic N) is 3. The number of ether oxygens (including phenoxy) is 2. The monoisotopic (exact) mass is 546 g/mol. The maximum absolute atomic E-state index is 14.4. The Labute approximate surface area is 199 Å². The van der Waals surface area contributed by atoms with E-state index in [-0.39, 0.29) is 16.9 Å². The van der Waals surface area contributed by atoms with Crippen LogP contribution >= 0.6 is 15.9 Å². The minimum absolute atomic E-state index is 0.00661. The number of halogens is 5. The molecule has 8 nitrogen and oxygen atoms in total. The van der Waals surface area contributed by atoms with Crippen molar-refractivity contribution in [1.29, 1.82) is 0 Å². The van der Waals surface area contributed by atoms with Crippen LogP contribution in [0, 0.1) is 10.1 Å². The van der Waals surface area contributed by atoms with E-state index in [1.807, 2.05) is 0 Å². The average molecular weight is 547 g/mol. The number of nitrogens with one attached hydrogen (secondary N) is 1. The summed E-state index contributed by atoms with van der Waals surface area (Å²) in [6.45, 7) is 0.561. The van der Waals surface area contributed by atoms with Gasteiger partial charge in [0.25, 0.3) is 18.0 Å². The van der Waals surface area contributed by atoms with Gasteiger partial charge in [0.15, 0.2) is 5.82 Å². The van der Waals surface area contributed by atoms with Gasteiger partial charge in [-0.1, -0.05) is 0 Å². The second-order valence-electron chi connectivity index (χ2n) is 7.31. The van der Waals surface area contributed by atoms with Crippen molar-refractivity contribution in [1.82, 2.24) is 9.97 Å². The molecular formula is C21H19BrF4N4O4. The van der Waals surface area contributed by atoms with Crippen molar-refractivity contribution in [2.24, 2.45) is 0 Å². The highest BCUT2D eigenvalue weighted by Crippen LogP contribution is 2.37. The van der Waals surface area contributed by atoms with Gasteiger partial charge in [-0.3, -0.25) is 10.1 Å². The highest BCUT2D eigenvalue weighted by Gasteiger charge is 2.34. The summed E-state index contributed by atoms with van der Waals surface area (Å²) in [6.07, 6.45) is -2.98. The summed E-state index contributed by atoms with van der Waals surface area (Å²) in [5, 5.41) is 14.6. The second kappa shape index (κ2) is 10.1.